The zero-order valence-corrected chi connectivity index (χ0v) is 28.6. The van der Waals surface area contributed by atoms with E-state index in [1.807, 2.05) is 25.1 Å². The minimum absolute atomic E-state index is 0.0424. The number of rotatable bonds is 9. The number of aliphatic hydroxyl groups excluding tert-OH is 1. The van der Waals surface area contributed by atoms with E-state index in [4.69, 9.17) is 21.1 Å². The van der Waals surface area contributed by atoms with Gasteiger partial charge in [-0.2, -0.15) is 0 Å². The number of carbonyl (C=O) groups is 1. The van der Waals surface area contributed by atoms with E-state index >= 15 is 0 Å². The number of hydrogen-bond acceptors (Lipinski definition) is 7. The normalized spacial score (nSPS) is 20.8. The van der Waals surface area contributed by atoms with Crippen LogP contribution in [0.1, 0.15) is 56.0 Å². The summed E-state index contributed by atoms with van der Waals surface area (Å²) in [5.41, 5.74) is 1.64. The summed E-state index contributed by atoms with van der Waals surface area (Å²) in [6.07, 6.45) is 2.16. The first-order chi connectivity index (χ1) is 22.0. The van der Waals surface area contributed by atoms with E-state index in [9.17, 15) is 18.3 Å². The third-order valence-electron chi connectivity index (χ3n) is 8.21. The van der Waals surface area contributed by atoms with Gasteiger partial charge < -0.3 is 19.5 Å². The van der Waals surface area contributed by atoms with Crippen molar-refractivity contribution < 1.29 is 27.8 Å². The third-order valence-corrected chi connectivity index (χ3v) is 9.86. The van der Waals surface area contributed by atoms with Crippen LogP contribution in [0.4, 0.5) is 5.69 Å². The number of nitrogens with zero attached hydrogens (tertiary/aromatic N) is 2. The van der Waals surface area contributed by atoms with E-state index in [-0.39, 0.29) is 46.8 Å². The lowest BCUT2D eigenvalue weighted by Crippen LogP contribution is -2.47. The van der Waals surface area contributed by atoms with Crippen LogP contribution in [-0.2, 0) is 21.3 Å². The van der Waals surface area contributed by atoms with Crippen LogP contribution in [-0.4, -0.2) is 80.8 Å². The summed E-state index contributed by atoms with van der Waals surface area (Å²) in [4.78, 5) is 18.2. The fourth-order valence-corrected chi connectivity index (χ4v) is 6.72. The predicted octanol–water partition coefficient (Wildman–Crippen LogP) is 6.07. The number of halogens is 1. The fraction of sp³-hybridized carbons (Fsp3) is 0.457. The maximum absolute atomic E-state index is 14.3. The standard InChI is InChI=1S/C35H46ClN3O6S/c1-25-21-39(26(2)24-40)35(41)32-20-30(37-46(42,43)31-16-13-29(36)14-17-31)15-18-33(32)45-27(3)10-8-9-19-44-34(25)23-38(4)22-28-11-6-5-7-12-28/h5-7,11-18,20,25-27,34,37,40H,8-10,19,21-24H2,1-4H3/t25-,26+,27-,34+/m1/s1. The van der Waals surface area contributed by atoms with Crippen molar-refractivity contribution >= 4 is 33.2 Å². The van der Waals surface area contributed by atoms with Gasteiger partial charge in [0, 0.05) is 42.9 Å². The number of benzene rings is 3. The van der Waals surface area contributed by atoms with Gasteiger partial charge in [-0.25, -0.2) is 8.42 Å². The molecule has 1 amide bonds. The summed E-state index contributed by atoms with van der Waals surface area (Å²) < 4.78 is 41.6. The van der Waals surface area contributed by atoms with Crippen LogP contribution in [0.5, 0.6) is 5.75 Å². The smallest absolute Gasteiger partial charge is 0.261 e. The number of ether oxygens (including phenoxy) is 2. The Balaban J connectivity index is 1.64. The number of likely N-dealkylation sites (N-methyl/N-ethyl adjacent to an activating group) is 1. The van der Waals surface area contributed by atoms with Crippen molar-refractivity contribution in [2.45, 2.75) is 69.7 Å². The molecule has 0 unspecified atom stereocenters. The Morgan fingerprint density at radius 1 is 1.07 bits per heavy atom. The molecule has 46 heavy (non-hydrogen) atoms. The van der Waals surface area contributed by atoms with Crippen molar-refractivity contribution in [1.82, 2.24) is 9.80 Å². The molecule has 0 saturated heterocycles. The average molecular weight is 672 g/mol. The molecule has 1 aliphatic heterocycles. The van der Waals surface area contributed by atoms with Crippen molar-refractivity contribution in [1.29, 1.82) is 0 Å². The Hall–Kier alpha value is -3.15. The Kier molecular flexibility index (Phi) is 12.9. The Bertz CT molecular complexity index is 1520. The van der Waals surface area contributed by atoms with Crippen molar-refractivity contribution in [2.75, 3.05) is 38.1 Å². The van der Waals surface area contributed by atoms with Gasteiger partial charge in [-0.3, -0.25) is 14.4 Å². The quantitative estimate of drug-likeness (QED) is 0.284. The van der Waals surface area contributed by atoms with E-state index in [2.05, 4.69) is 35.7 Å². The molecule has 2 N–H and O–H groups in total. The summed E-state index contributed by atoms with van der Waals surface area (Å²) in [5, 5.41) is 10.6. The highest BCUT2D eigenvalue weighted by Crippen LogP contribution is 2.30. The number of amides is 1. The molecule has 4 rings (SSSR count). The van der Waals surface area contributed by atoms with Gasteiger partial charge in [0.25, 0.3) is 15.9 Å². The Morgan fingerprint density at radius 3 is 2.48 bits per heavy atom. The number of anilines is 1. The van der Waals surface area contributed by atoms with E-state index in [0.29, 0.717) is 30.5 Å². The summed E-state index contributed by atoms with van der Waals surface area (Å²) in [7, 11) is -1.89. The molecule has 0 fully saturated rings. The maximum Gasteiger partial charge on any atom is 0.261 e. The van der Waals surface area contributed by atoms with Gasteiger partial charge in [0.05, 0.1) is 35.3 Å². The molecule has 0 aromatic heterocycles. The van der Waals surface area contributed by atoms with E-state index < -0.39 is 16.1 Å². The first kappa shape index (κ1) is 35.7. The zero-order chi connectivity index (χ0) is 33.3. The number of sulfonamides is 1. The molecule has 0 saturated carbocycles. The summed E-state index contributed by atoms with van der Waals surface area (Å²) in [6.45, 7) is 7.91. The SMILES string of the molecule is C[C@@H]1CCCCO[C@@H](CN(C)Cc2ccccc2)[C@H](C)CN([C@@H](C)CO)C(=O)c2cc(NS(=O)(=O)c3ccc(Cl)cc3)ccc2O1. The van der Waals surface area contributed by atoms with Gasteiger partial charge in [0.1, 0.15) is 5.75 Å². The molecule has 1 aliphatic rings. The second-order valence-corrected chi connectivity index (χ2v) is 14.4. The van der Waals surface area contributed by atoms with E-state index in [1.165, 1.54) is 35.9 Å². The first-order valence-corrected chi connectivity index (χ1v) is 17.7. The largest absolute Gasteiger partial charge is 0.490 e. The molecular weight excluding hydrogens is 626 g/mol. The lowest BCUT2D eigenvalue weighted by molar-refractivity contribution is -0.0177. The highest BCUT2D eigenvalue weighted by Gasteiger charge is 2.30. The van der Waals surface area contributed by atoms with Crippen LogP contribution < -0.4 is 9.46 Å². The van der Waals surface area contributed by atoms with Gasteiger partial charge in [0.15, 0.2) is 0 Å². The maximum atomic E-state index is 14.3. The van der Waals surface area contributed by atoms with Crippen LogP contribution in [0, 0.1) is 5.92 Å². The number of hydrogen-bond donors (Lipinski definition) is 2. The summed E-state index contributed by atoms with van der Waals surface area (Å²) in [6, 6.07) is 20.3. The zero-order valence-electron chi connectivity index (χ0n) is 27.1. The molecule has 4 atom stereocenters. The molecule has 3 aromatic carbocycles. The molecular formula is C35H46ClN3O6S. The highest BCUT2D eigenvalue weighted by molar-refractivity contribution is 7.92. The minimum Gasteiger partial charge on any atom is -0.490 e. The van der Waals surface area contributed by atoms with E-state index in [1.54, 1.807) is 24.0 Å². The topological polar surface area (TPSA) is 108 Å². The predicted molar refractivity (Wildman–Crippen MR) is 182 cm³/mol. The van der Waals surface area contributed by atoms with Crippen LogP contribution in [0.2, 0.25) is 5.02 Å². The second kappa shape index (κ2) is 16.6. The summed E-state index contributed by atoms with van der Waals surface area (Å²) in [5.74, 6) is -0.0761. The Labute approximate surface area is 278 Å². The Morgan fingerprint density at radius 2 is 1.78 bits per heavy atom. The van der Waals surface area contributed by atoms with E-state index in [0.717, 1.165) is 25.8 Å². The van der Waals surface area contributed by atoms with Crippen molar-refractivity contribution in [3.05, 3.63) is 88.9 Å². The molecule has 250 valence electrons. The van der Waals surface area contributed by atoms with Crippen molar-refractivity contribution in [3.63, 3.8) is 0 Å². The molecule has 0 aliphatic carbocycles. The molecule has 9 nitrogen and oxygen atoms in total. The number of carbonyl (C=O) groups excluding carboxylic acids is 1. The number of nitrogens with one attached hydrogen (secondary N) is 1. The lowest BCUT2D eigenvalue weighted by Gasteiger charge is -2.36. The highest BCUT2D eigenvalue weighted by atomic mass is 35.5. The van der Waals surface area contributed by atoms with Crippen LogP contribution in [0.25, 0.3) is 0 Å². The molecule has 0 bridgehead atoms. The molecule has 11 heteroatoms. The number of fused-ring (bicyclic) bond motifs is 1. The number of aliphatic hydroxyl groups is 1. The minimum atomic E-state index is -3.95. The summed E-state index contributed by atoms with van der Waals surface area (Å²) >= 11 is 5.95. The van der Waals surface area contributed by atoms with Gasteiger partial charge in [-0.1, -0.05) is 48.9 Å². The molecule has 0 radical (unpaired) electrons. The van der Waals surface area contributed by atoms with Gasteiger partial charge in [-0.05, 0) is 88.2 Å². The van der Waals surface area contributed by atoms with Crippen molar-refractivity contribution in [3.8, 4) is 5.75 Å². The van der Waals surface area contributed by atoms with Crippen LogP contribution in [0.3, 0.4) is 0 Å². The third kappa shape index (κ3) is 9.92. The molecule has 1 heterocycles. The van der Waals surface area contributed by atoms with Crippen LogP contribution >= 0.6 is 11.6 Å². The van der Waals surface area contributed by atoms with Crippen LogP contribution in [0.15, 0.2) is 77.7 Å². The second-order valence-electron chi connectivity index (χ2n) is 12.3. The van der Waals surface area contributed by atoms with Gasteiger partial charge in [-0.15, -0.1) is 0 Å². The van der Waals surface area contributed by atoms with Gasteiger partial charge >= 0.3 is 0 Å². The molecule has 0 spiro atoms. The van der Waals surface area contributed by atoms with Gasteiger partial charge in [0.2, 0.25) is 0 Å². The fourth-order valence-electron chi connectivity index (χ4n) is 5.54. The first-order valence-electron chi connectivity index (χ1n) is 15.8. The monoisotopic (exact) mass is 671 g/mol. The average Bonchev–Trinajstić information content (AvgIpc) is 3.03. The lowest BCUT2D eigenvalue weighted by atomic mass is 10.0. The molecule has 3 aromatic rings. The van der Waals surface area contributed by atoms with Crippen molar-refractivity contribution in [2.24, 2.45) is 5.92 Å².